The molecule has 1 unspecified atom stereocenters. The van der Waals surface area contributed by atoms with E-state index in [1.807, 2.05) is 0 Å². The van der Waals surface area contributed by atoms with Crippen LogP contribution < -0.4 is 0 Å². The first-order valence-electron chi connectivity index (χ1n) is 5.22. The van der Waals surface area contributed by atoms with Gasteiger partial charge in [0.2, 0.25) is 0 Å². The maximum absolute atomic E-state index is 10.9. The van der Waals surface area contributed by atoms with Gasteiger partial charge in [0, 0.05) is 13.1 Å². The van der Waals surface area contributed by atoms with E-state index in [9.17, 15) is 4.79 Å². The number of aliphatic carboxylic acids is 1. The van der Waals surface area contributed by atoms with Crippen molar-refractivity contribution < 1.29 is 9.90 Å². The highest BCUT2D eigenvalue weighted by atomic mass is 32.1. The summed E-state index contributed by atoms with van der Waals surface area (Å²) in [7, 11) is 0. The third kappa shape index (κ3) is 2.79. The molecule has 0 bridgehead atoms. The minimum absolute atomic E-state index is 0.169. The summed E-state index contributed by atoms with van der Waals surface area (Å²) in [6.45, 7) is 2.62. The second-order valence-electron chi connectivity index (χ2n) is 4.04. The van der Waals surface area contributed by atoms with Crippen LogP contribution in [-0.2, 0) is 11.3 Å². The predicted molar refractivity (Wildman–Crippen MR) is 60.0 cm³/mol. The van der Waals surface area contributed by atoms with Crippen molar-refractivity contribution in [1.29, 1.82) is 0 Å². The lowest BCUT2D eigenvalue weighted by Gasteiger charge is -2.30. The summed E-state index contributed by atoms with van der Waals surface area (Å²) < 4.78 is 0. The van der Waals surface area contributed by atoms with Crippen LogP contribution in [0.4, 0.5) is 0 Å². The summed E-state index contributed by atoms with van der Waals surface area (Å²) >= 11 is 1.69. The molecule has 1 aliphatic rings. The number of carboxylic acids is 1. The number of rotatable bonds is 3. The SMILES string of the molecule is O=C(O)C1CCCN(Cc2ccsc2)C1. The van der Waals surface area contributed by atoms with E-state index < -0.39 is 5.97 Å². The van der Waals surface area contributed by atoms with E-state index in [0.717, 1.165) is 25.9 Å². The number of hydrogen-bond donors (Lipinski definition) is 1. The topological polar surface area (TPSA) is 40.5 Å². The lowest BCUT2D eigenvalue weighted by molar-refractivity contribution is -0.143. The Morgan fingerprint density at radius 1 is 1.67 bits per heavy atom. The van der Waals surface area contributed by atoms with Gasteiger partial charge in [0.05, 0.1) is 5.92 Å². The number of carboxylic acid groups (broad SMARTS) is 1. The van der Waals surface area contributed by atoms with Crippen molar-refractivity contribution in [3.63, 3.8) is 0 Å². The van der Waals surface area contributed by atoms with Crippen LogP contribution >= 0.6 is 11.3 Å². The molecule has 0 aliphatic carbocycles. The van der Waals surface area contributed by atoms with Gasteiger partial charge in [-0.2, -0.15) is 11.3 Å². The molecular formula is C11H15NO2S. The molecule has 2 rings (SSSR count). The molecule has 1 N–H and O–H groups in total. The third-order valence-electron chi connectivity index (χ3n) is 2.84. The Labute approximate surface area is 93.3 Å². The molecule has 1 aromatic rings. The van der Waals surface area contributed by atoms with E-state index in [2.05, 4.69) is 21.7 Å². The predicted octanol–water partition coefficient (Wildman–Crippen LogP) is 2.04. The summed E-state index contributed by atoms with van der Waals surface area (Å²) in [5.41, 5.74) is 1.30. The second-order valence-corrected chi connectivity index (χ2v) is 4.82. The molecule has 82 valence electrons. The summed E-state index contributed by atoms with van der Waals surface area (Å²) in [5.74, 6) is -0.817. The van der Waals surface area contributed by atoms with Gasteiger partial charge in [0.15, 0.2) is 0 Å². The van der Waals surface area contributed by atoms with Gasteiger partial charge in [-0.15, -0.1) is 0 Å². The first kappa shape index (κ1) is 10.6. The highest BCUT2D eigenvalue weighted by Crippen LogP contribution is 2.19. The highest BCUT2D eigenvalue weighted by Gasteiger charge is 2.25. The molecule has 1 atom stereocenters. The quantitative estimate of drug-likeness (QED) is 0.856. The van der Waals surface area contributed by atoms with E-state index in [1.165, 1.54) is 5.56 Å². The van der Waals surface area contributed by atoms with Gasteiger partial charge in [0.1, 0.15) is 0 Å². The largest absolute Gasteiger partial charge is 0.481 e. The van der Waals surface area contributed by atoms with E-state index in [0.29, 0.717) is 6.54 Å². The smallest absolute Gasteiger partial charge is 0.307 e. The van der Waals surface area contributed by atoms with Crippen molar-refractivity contribution in [3.8, 4) is 0 Å². The fourth-order valence-electron chi connectivity index (χ4n) is 2.04. The fraction of sp³-hybridized carbons (Fsp3) is 0.545. The number of thiophene rings is 1. The molecule has 2 heterocycles. The Kier molecular flexibility index (Phi) is 3.38. The van der Waals surface area contributed by atoms with Gasteiger partial charge in [0.25, 0.3) is 0 Å². The summed E-state index contributed by atoms with van der Waals surface area (Å²) in [6, 6.07) is 2.11. The molecule has 1 fully saturated rings. The van der Waals surface area contributed by atoms with E-state index in [4.69, 9.17) is 5.11 Å². The molecule has 1 aromatic heterocycles. The Morgan fingerprint density at radius 3 is 3.20 bits per heavy atom. The van der Waals surface area contributed by atoms with E-state index in [1.54, 1.807) is 11.3 Å². The normalized spacial score (nSPS) is 22.8. The zero-order valence-electron chi connectivity index (χ0n) is 8.56. The van der Waals surface area contributed by atoms with Crippen molar-refractivity contribution in [2.24, 2.45) is 5.92 Å². The van der Waals surface area contributed by atoms with Crippen LogP contribution in [0.25, 0.3) is 0 Å². The number of carbonyl (C=O) groups is 1. The van der Waals surface area contributed by atoms with Gasteiger partial charge in [-0.05, 0) is 41.8 Å². The van der Waals surface area contributed by atoms with Crippen LogP contribution in [0, 0.1) is 5.92 Å². The second kappa shape index (κ2) is 4.77. The minimum atomic E-state index is -0.648. The number of piperidine rings is 1. The molecule has 0 saturated carbocycles. The minimum Gasteiger partial charge on any atom is -0.481 e. The lowest BCUT2D eigenvalue weighted by Crippen LogP contribution is -2.38. The third-order valence-corrected chi connectivity index (χ3v) is 3.57. The zero-order valence-corrected chi connectivity index (χ0v) is 9.37. The maximum atomic E-state index is 10.9. The summed E-state index contributed by atoms with van der Waals surface area (Å²) in [6.07, 6.45) is 1.83. The zero-order chi connectivity index (χ0) is 10.7. The molecule has 0 radical (unpaired) electrons. The molecule has 0 spiro atoms. The molecule has 0 amide bonds. The number of likely N-dealkylation sites (tertiary alicyclic amines) is 1. The van der Waals surface area contributed by atoms with Gasteiger partial charge in [-0.25, -0.2) is 0 Å². The molecule has 4 heteroatoms. The summed E-state index contributed by atoms with van der Waals surface area (Å²) in [5, 5.41) is 13.2. The fourth-order valence-corrected chi connectivity index (χ4v) is 2.70. The van der Waals surface area contributed by atoms with Crippen LogP contribution in [0.3, 0.4) is 0 Å². The molecule has 3 nitrogen and oxygen atoms in total. The van der Waals surface area contributed by atoms with Crippen LogP contribution in [0.1, 0.15) is 18.4 Å². The Bertz CT molecular complexity index is 323. The first-order chi connectivity index (χ1) is 7.25. The lowest BCUT2D eigenvalue weighted by atomic mass is 9.98. The number of hydrogen-bond acceptors (Lipinski definition) is 3. The van der Waals surface area contributed by atoms with Crippen LogP contribution in [0.15, 0.2) is 16.8 Å². The molecule has 0 aromatic carbocycles. The van der Waals surface area contributed by atoms with Crippen molar-refractivity contribution in [3.05, 3.63) is 22.4 Å². The average molecular weight is 225 g/mol. The standard InChI is InChI=1S/C11H15NO2S/c13-11(14)10-2-1-4-12(7-10)6-9-3-5-15-8-9/h3,5,8,10H,1-2,4,6-7H2,(H,13,14). The van der Waals surface area contributed by atoms with Crippen molar-refractivity contribution in [2.75, 3.05) is 13.1 Å². The van der Waals surface area contributed by atoms with E-state index >= 15 is 0 Å². The van der Waals surface area contributed by atoms with Crippen molar-refractivity contribution in [2.45, 2.75) is 19.4 Å². The van der Waals surface area contributed by atoms with Gasteiger partial charge < -0.3 is 5.11 Å². The van der Waals surface area contributed by atoms with Crippen molar-refractivity contribution >= 4 is 17.3 Å². The van der Waals surface area contributed by atoms with Crippen molar-refractivity contribution in [1.82, 2.24) is 4.90 Å². The Hall–Kier alpha value is -0.870. The molecule has 15 heavy (non-hydrogen) atoms. The average Bonchev–Trinajstić information content (AvgIpc) is 2.71. The van der Waals surface area contributed by atoms with Gasteiger partial charge in [-0.3, -0.25) is 9.69 Å². The summed E-state index contributed by atoms with van der Waals surface area (Å²) in [4.78, 5) is 13.1. The Balaban J connectivity index is 1.90. The molecular weight excluding hydrogens is 210 g/mol. The first-order valence-corrected chi connectivity index (χ1v) is 6.16. The van der Waals surface area contributed by atoms with E-state index in [-0.39, 0.29) is 5.92 Å². The van der Waals surface area contributed by atoms with Gasteiger partial charge in [-0.1, -0.05) is 0 Å². The van der Waals surface area contributed by atoms with Gasteiger partial charge >= 0.3 is 5.97 Å². The highest BCUT2D eigenvalue weighted by molar-refractivity contribution is 7.07. The monoisotopic (exact) mass is 225 g/mol. The molecule has 1 saturated heterocycles. The van der Waals surface area contributed by atoms with Crippen LogP contribution in [-0.4, -0.2) is 29.1 Å². The molecule has 1 aliphatic heterocycles. The van der Waals surface area contributed by atoms with Crippen LogP contribution in [0.5, 0.6) is 0 Å². The van der Waals surface area contributed by atoms with Crippen LogP contribution in [0.2, 0.25) is 0 Å². The Morgan fingerprint density at radius 2 is 2.53 bits per heavy atom. The maximum Gasteiger partial charge on any atom is 0.307 e. The number of nitrogens with zero attached hydrogens (tertiary/aromatic N) is 1.